The van der Waals surface area contributed by atoms with Gasteiger partial charge >= 0.3 is 0 Å². The summed E-state index contributed by atoms with van der Waals surface area (Å²) in [6, 6.07) is 4.32. The summed E-state index contributed by atoms with van der Waals surface area (Å²) in [6.45, 7) is 4.50. The first kappa shape index (κ1) is 19.5. The van der Waals surface area contributed by atoms with Crippen molar-refractivity contribution in [2.45, 2.75) is 6.04 Å². The fraction of sp³-hybridized carbons (Fsp3) is 0.429. The zero-order valence-corrected chi connectivity index (χ0v) is 16.7. The molecule has 1 saturated heterocycles. The average molecular weight is 396 g/mol. The van der Waals surface area contributed by atoms with Crippen LogP contribution in [0.2, 0.25) is 0 Å². The van der Waals surface area contributed by atoms with Crippen LogP contribution in [0.25, 0.3) is 0 Å². The summed E-state index contributed by atoms with van der Waals surface area (Å²) in [5.74, 6) is 0.887. The molecule has 1 aromatic rings. The van der Waals surface area contributed by atoms with E-state index in [2.05, 4.69) is 55.3 Å². The first-order valence-electron chi connectivity index (χ1n) is 10.1. The Hall–Kier alpha value is -2.84. The normalized spacial score (nSPS) is 23.1. The van der Waals surface area contributed by atoms with Gasteiger partial charge in [-0.2, -0.15) is 5.10 Å². The molecule has 0 spiro atoms. The molecule has 2 aliphatic heterocycles. The number of morpholine rings is 1. The molecule has 8 heteroatoms. The number of pyridine rings is 1. The lowest BCUT2D eigenvalue weighted by molar-refractivity contribution is 0.122. The molecule has 0 radical (unpaired) electrons. The van der Waals surface area contributed by atoms with Gasteiger partial charge in [0.2, 0.25) is 5.88 Å². The molecule has 3 aliphatic rings. The fourth-order valence-electron chi connectivity index (χ4n) is 3.54. The number of rotatable bonds is 8. The number of hydrogen-bond donors (Lipinski definition) is 3. The Bertz CT molecular complexity index is 813. The third-order valence-corrected chi connectivity index (χ3v) is 5.10. The molecule has 1 fully saturated rings. The number of allylic oxidation sites excluding steroid dienone is 2. The molecule has 2 atom stereocenters. The van der Waals surface area contributed by atoms with E-state index in [4.69, 9.17) is 9.47 Å². The minimum Gasteiger partial charge on any atom is -0.476 e. The highest BCUT2D eigenvalue weighted by Crippen LogP contribution is 2.24. The number of anilines is 1. The van der Waals surface area contributed by atoms with Crippen molar-refractivity contribution in [3.05, 3.63) is 54.0 Å². The molecule has 1 aliphatic carbocycles. The molecule has 3 N–H and O–H groups in total. The highest BCUT2D eigenvalue weighted by Gasteiger charge is 2.26. The summed E-state index contributed by atoms with van der Waals surface area (Å²) in [5.41, 5.74) is 6.03. The van der Waals surface area contributed by atoms with Crippen molar-refractivity contribution in [2.24, 2.45) is 11.0 Å². The third kappa shape index (κ3) is 4.96. The van der Waals surface area contributed by atoms with Crippen LogP contribution in [0, 0.1) is 5.92 Å². The Balaban J connectivity index is 1.46. The number of nitrogens with zero attached hydrogens (tertiary/aromatic N) is 3. The van der Waals surface area contributed by atoms with Crippen LogP contribution in [0.5, 0.6) is 5.88 Å². The summed E-state index contributed by atoms with van der Waals surface area (Å²) in [4.78, 5) is 6.87. The summed E-state index contributed by atoms with van der Waals surface area (Å²) in [5, 5.41) is 10.9. The van der Waals surface area contributed by atoms with Gasteiger partial charge in [0.05, 0.1) is 36.9 Å². The molecule has 8 nitrogen and oxygen atoms in total. The van der Waals surface area contributed by atoms with Gasteiger partial charge in [-0.25, -0.2) is 4.98 Å². The Kier molecular flexibility index (Phi) is 6.43. The van der Waals surface area contributed by atoms with Gasteiger partial charge in [-0.1, -0.05) is 24.3 Å². The molecule has 0 bridgehead atoms. The Morgan fingerprint density at radius 3 is 3.03 bits per heavy atom. The maximum Gasteiger partial charge on any atom is 0.215 e. The van der Waals surface area contributed by atoms with Crippen molar-refractivity contribution in [1.29, 1.82) is 0 Å². The van der Waals surface area contributed by atoms with E-state index in [1.807, 2.05) is 25.4 Å². The minimum absolute atomic E-state index is 0.283. The minimum atomic E-state index is 0.283. The monoisotopic (exact) mass is 396 g/mol. The van der Waals surface area contributed by atoms with Crippen molar-refractivity contribution >= 4 is 11.9 Å². The standard InChI is InChI=1S/C21H28N6O2/c1-22-6-9-29-21-13-17(27-7-10-28-11-8-27)12-16(25-21)14-24-26-20-15-23-19-5-3-2-4-18(19)20/h2-5,12-15,18-19,22-23,26H,6-11H2,1H3/b24-14+. The summed E-state index contributed by atoms with van der Waals surface area (Å²) >= 11 is 0. The predicted octanol–water partition coefficient (Wildman–Crippen LogP) is 0.995. The van der Waals surface area contributed by atoms with Gasteiger partial charge in [-0.3, -0.25) is 5.43 Å². The maximum absolute atomic E-state index is 5.82. The SMILES string of the molecule is CNCCOc1cc(N2CCOCC2)cc(/C=N/NC2=CNC3C=CC=CC23)n1. The van der Waals surface area contributed by atoms with Crippen LogP contribution in [0.3, 0.4) is 0 Å². The van der Waals surface area contributed by atoms with E-state index in [0.29, 0.717) is 18.5 Å². The van der Waals surface area contributed by atoms with E-state index < -0.39 is 0 Å². The van der Waals surface area contributed by atoms with Crippen LogP contribution in [-0.2, 0) is 4.74 Å². The van der Waals surface area contributed by atoms with E-state index in [-0.39, 0.29) is 5.92 Å². The molecule has 0 amide bonds. The number of hydrogen-bond acceptors (Lipinski definition) is 8. The Labute approximate surface area is 171 Å². The van der Waals surface area contributed by atoms with Gasteiger partial charge in [0.1, 0.15) is 6.61 Å². The van der Waals surface area contributed by atoms with Gasteiger partial charge in [0, 0.05) is 43.5 Å². The lowest BCUT2D eigenvalue weighted by Gasteiger charge is -2.29. The molecule has 2 unspecified atom stereocenters. The summed E-state index contributed by atoms with van der Waals surface area (Å²) in [7, 11) is 1.90. The topological polar surface area (TPSA) is 83.0 Å². The second-order valence-electron chi connectivity index (χ2n) is 7.10. The Morgan fingerprint density at radius 2 is 2.17 bits per heavy atom. The average Bonchev–Trinajstić information content (AvgIpc) is 3.18. The molecular weight excluding hydrogens is 368 g/mol. The lowest BCUT2D eigenvalue weighted by Crippen LogP contribution is -2.36. The van der Waals surface area contributed by atoms with Crippen LogP contribution in [0.1, 0.15) is 5.69 Å². The molecule has 3 heterocycles. The number of likely N-dealkylation sites (N-methyl/N-ethyl adjacent to an activating group) is 1. The van der Waals surface area contributed by atoms with Crippen molar-refractivity contribution in [3.63, 3.8) is 0 Å². The fourth-order valence-corrected chi connectivity index (χ4v) is 3.54. The van der Waals surface area contributed by atoms with Crippen LogP contribution >= 0.6 is 0 Å². The van der Waals surface area contributed by atoms with Gasteiger partial charge in [0.15, 0.2) is 0 Å². The highest BCUT2D eigenvalue weighted by atomic mass is 16.5. The zero-order chi connectivity index (χ0) is 19.9. The van der Waals surface area contributed by atoms with Crippen LogP contribution in [0.15, 0.2) is 53.4 Å². The number of hydrazone groups is 1. The highest BCUT2D eigenvalue weighted by molar-refractivity contribution is 5.79. The number of nitrogens with one attached hydrogen (secondary N) is 3. The third-order valence-electron chi connectivity index (χ3n) is 5.10. The molecule has 0 aromatic carbocycles. The van der Waals surface area contributed by atoms with E-state index in [9.17, 15) is 0 Å². The molecule has 0 saturated carbocycles. The lowest BCUT2D eigenvalue weighted by atomic mass is 9.95. The quantitative estimate of drug-likeness (QED) is 0.343. The van der Waals surface area contributed by atoms with Gasteiger partial charge < -0.3 is 25.0 Å². The van der Waals surface area contributed by atoms with Crippen LogP contribution < -0.4 is 25.7 Å². The molecule has 1 aromatic heterocycles. The van der Waals surface area contributed by atoms with Crippen molar-refractivity contribution in [2.75, 3.05) is 51.4 Å². The second kappa shape index (κ2) is 9.58. The number of aromatic nitrogens is 1. The van der Waals surface area contributed by atoms with E-state index in [0.717, 1.165) is 49.9 Å². The van der Waals surface area contributed by atoms with Crippen LogP contribution in [-0.4, -0.2) is 63.7 Å². The summed E-state index contributed by atoms with van der Waals surface area (Å²) in [6.07, 6.45) is 12.2. The molecular formula is C21H28N6O2. The first-order valence-corrected chi connectivity index (χ1v) is 10.1. The van der Waals surface area contributed by atoms with E-state index in [1.54, 1.807) is 6.21 Å². The van der Waals surface area contributed by atoms with Crippen LogP contribution in [0.4, 0.5) is 5.69 Å². The smallest absolute Gasteiger partial charge is 0.215 e. The van der Waals surface area contributed by atoms with E-state index >= 15 is 0 Å². The number of ether oxygens (including phenoxy) is 2. The van der Waals surface area contributed by atoms with Crippen molar-refractivity contribution in [1.82, 2.24) is 21.0 Å². The maximum atomic E-state index is 5.82. The number of fused-ring (bicyclic) bond motifs is 1. The van der Waals surface area contributed by atoms with E-state index in [1.165, 1.54) is 0 Å². The first-order chi connectivity index (χ1) is 14.3. The molecule has 154 valence electrons. The largest absolute Gasteiger partial charge is 0.476 e. The van der Waals surface area contributed by atoms with Crippen molar-refractivity contribution < 1.29 is 9.47 Å². The molecule has 29 heavy (non-hydrogen) atoms. The van der Waals surface area contributed by atoms with Gasteiger partial charge in [-0.15, -0.1) is 0 Å². The predicted molar refractivity (Wildman–Crippen MR) is 114 cm³/mol. The second-order valence-corrected chi connectivity index (χ2v) is 7.10. The summed E-state index contributed by atoms with van der Waals surface area (Å²) < 4.78 is 11.3. The Morgan fingerprint density at radius 1 is 1.31 bits per heavy atom. The van der Waals surface area contributed by atoms with Crippen molar-refractivity contribution in [3.8, 4) is 5.88 Å². The van der Waals surface area contributed by atoms with Gasteiger partial charge in [0.25, 0.3) is 0 Å². The van der Waals surface area contributed by atoms with Gasteiger partial charge in [-0.05, 0) is 13.1 Å². The zero-order valence-electron chi connectivity index (χ0n) is 16.7. The molecule has 4 rings (SSSR count).